The molecule has 0 aromatic heterocycles. The lowest BCUT2D eigenvalue weighted by molar-refractivity contribution is -0.117. The van der Waals surface area contributed by atoms with Crippen molar-refractivity contribution in [3.63, 3.8) is 0 Å². The highest BCUT2D eigenvalue weighted by Gasteiger charge is 2.10. The van der Waals surface area contributed by atoms with Crippen LogP contribution in [0.25, 0.3) is 0 Å². The van der Waals surface area contributed by atoms with Crippen molar-refractivity contribution in [3.8, 4) is 11.5 Å². The lowest BCUT2D eigenvalue weighted by atomic mass is 10.1. The Bertz CT molecular complexity index is 689. The van der Waals surface area contributed by atoms with Crippen molar-refractivity contribution < 1.29 is 14.3 Å². The molecule has 0 spiro atoms. The predicted octanol–water partition coefficient (Wildman–Crippen LogP) is 3.60. The molecule has 0 bridgehead atoms. The molecular weight excluding hydrogens is 328 g/mol. The van der Waals surface area contributed by atoms with Crippen molar-refractivity contribution in [2.75, 3.05) is 38.7 Å². The molecule has 0 aliphatic heterocycles. The Morgan fingerprint density at radius 2 is 1.69 bits per heavy atom. The SMILES string of the molecule is CCOc1ccc(NC(=O)CN(C)CCc2ccccc2)cc1OCC. The molecule has 140 valence electrons. The Labute approximate surface area is 155 Å². The molecule has 1 amide bonds. The van der Waals surface area contributed by atoms with Crippen LogP contribution in [0.1, 0.15) is 19.4 Å². The minimum atomic E-state index is -0.0489. The van der Waals surface area contributed by atoms with Crippen molar-refractivity contribution in [2.45, 2.75) is 20.3 Å². The molecule has 1 N–H and O–H groups in total. The molecule has 2 rings (SSSR count). The van der Waals surface area contributed by atoms with Gasteiger partial charge in [0, 0.05) is 18.3 Å². The number of nitrogens with zero attached hydrogens (tertiary/aromatic N) is 1. The number of amides is 1. The topological polar surface area (TPSA) is 50.8 Å². The Morgan fingerprint density at radius 1 is 1.00 bits per heavy atom. The number of nitrogens with one attached hydrogen (secondary N) is 1. The van der Waals surface area contributed by atoms with Gasteiger partial charge in [0.25, 0.3) is 0 Å². The third-order valence-corrected chi connectivity index (χ3v) is 3.87. The van der Waals surface area contributed by atoms with E-state index >= 15 is 0 Å². The third kappa shape index (κ3) is 6.41. The molecule has 0 heterocycles. The van der Waals surface area contributed by atoms with Crippen molar-refractivity contribution >= 4 is 11.6 Å². The van der Waals surface area contributed by atoms with Crippen molar-refractivity contribution in [3.05, 3.63) is 54.1 Å². The average Bonchev–Trinajstić information content (AvgIpc) is 2.63. The number of rotatable bonds is 10. The number of benzene rings is 2. The van der Waals surface area contributed by atoms with Crippen LogP contribution in [0, 0.1) is 0 Å². The minimum absolute atomic E-state index is 0.0489. The monoisotopic (exact) mass is 356 g/mol. The van der Waals surface area contributed by atoms with Gasteiger partial charge in [0.15, 0.2) is 11.5 Å². The van der Waals surface area contributed by atoms with Crippen LogP contribution in [0.5, 0.6) is 11.5 Å². The van der Waals surface area contributed by atoms with E-state index in [0.717, 1.165) is 13.0 Å². The van der Waals surface area contributed by atoms with Crippen LogP contribution >= 0.6 is 0 Å². The first-order chi connectivity index (χ1) is 12.6. The summed E-state index contributed by atoms with van der Waals surface area (Å²) in [6, 6.07) is 15.7. The Kier molecular flexibility index (Phi) is 7.96. The lowest BCUT2D eigenvalue weighted by Crippen LogP contribution is -2.31. The van der Waals surface area contributed by atoms with Crippen LogP contribution in [0.15, 0.2) is 48.5 Å². The van der Waals surface area contributed by atoms with Crippen LogP contribution < -0.4 is 14.8 Å². The molecule has 0 unspecified atom stereocenters. The highest BCUT2D eigenvalue weighted by atomic mass is 16.5. The second kappa shape index (κ2) is 10.5. The number of ether oxygens (including phenoxy) is 2. The summed E-state index contributed by atoms with van der Waals surface area (Å²) in [6.45, 7) is 6.12. The van der Waals surface area contributed by atoms with Gasteiger partial charge in [0.1, 0.15) is 0 Å². The molecule has 2 aromatic carbocycles. The maximum absolute atomic E-state index is 12.3. The summed E-state index contributed by atoms with van der Waals surface area (Å²) in [5, 5.41) is 2.92. The smallest absolute Gasteiger partial charge is 0.238 e. The van der Waals surface area contributed by atoms with Gasteiger partial charge < -0.3 is 14.8 Å². The molecule has 5 nitrogen and oxygen atoms in total. The number of carbonyl (C=O) groups is 1. The first-order valence-corrected chi connectivity index (χ1v) is 9.04. The van der Waals surface area contributed by atoms with Crippen LogP contribution in [0.3, 0.4) is 0 Å². The first-order valence-electron chi connectivity index (χ1n) is 9.04. The second-order valence-corrected chi connectivity index (χ2v) is 6.05. The Balaban J connectivity index is 1.87. The standard InChI is InChI=1S/C21H28N2O3/c1-4-25-19-12-11-18(15-20(19)26-5-2)22-21(24)16-23(3)14-13-17-9-7-6-8-10-17/h6-12,15H,4-5,13-14,16H2,1-3H3,(H,22,24). The number of hydrogen-bond acceptors (Lipinski definition) is 4. The fourth-order valence-corrected chi connectivity index (χ4v) is 2.62. The summed E-state index contributed by atoms with van der Waals surface area (Å²) in [5.74, 6) is 1.28. The van der Waals surface area contributed by atoms with E-state index in [-0.39, 0.29) is 5.91 Å². The van der Waals surface area contributed by atoms with Crippen LogP contribution in [-0.2, 0) is 11.2 Å². The lowest BCUT2D eigenvalue weighted by Gasteiger charge is -2.17. The molecule has 0 atom stereocenters. The zero-order chi connectivity index (χ0) is 18.8. The molecule has 0 aliphatic carbocycles. The molecular formula is C21H28N2O3. The Morgan fingerprint density at radius 3 is 2.38 bits per heavy atom. The molecule has 0 aliphatic rings. The van der Waals surface area contributed by atoms with Crippen LogP contribution in [0.2, 0.25) is 0 Å². The summed E-state index contributed by atoms with van der Waals surface area (Å²) in [5.41, 5.74) is 1.98. The van der Waals surface area contributed by atoms with Crippen molar-refractivity contribution in [1.82, 2.24) is 4.90 Å². The van der Waals surface area contributed by atoms with Gasteiger partial charge in [-0.1, -0.05) is 30.3 Å². The molecule has 26 heavy (non-hydrogen) atoms. The van der Waals surface area contributed by atoms with E-state index < -0.39 is 0 Å². The van der Waals surface area contributed by atoms with E-state index in [1.807, 2.05) is 56.1 Å². The quantitative estimate of drug-likeness (QED) is 0.707. The molecule has 0 saturated heterocycles. The summed E-state index contributed by atoms with van der Waals surface area (Å²) in [7, 11) is 1.95. The van der Waals surface area contributed by atoms with E-state index in [0.29, 0.717) is 36.9 Å². The van der Waals surface area contributed by atoms with Gasteiger partial charge in [-0.3, -0.25) is 9.69 Å². The largest absolute Gasteiger partial charge is 0.490 e. The predicted molar refractivity (Wildman–Crippen MR) is 105 cm³/mol. The fourth-order valence-electron chi connectivity index (χ4n) is 2.62. The normalized spacial score (nSPS) is 10.6. The van der Waals surface area contributed by atoms with E-state index in [2.05, 4.69) is 17.4 Å². The Hall–Kier alpha value is -2.53. The van der Waals surface area contributed by atoms with Gasteiger partial charge in [0.05, 0.1) is 19.8 Å². The average molecular weight is 356 g/mol. The van der Waals surface area contributed by atoms with Gasteiger partial charge in [-0.25, -0.2) is 0 Å². The highest BCUT2D eigenvalue weighted by molar-refractivity contribution is 5.92. The first kappa shape index (κ1) is 19.8. The van der Waals surface area contributed by atoms with Crippen LogP contribution in [-0.4, -0.2) is 44.2 Å². The zero-order valence-corrected chi connectivity index (χ0v) is 15.8. The summed E-state index contributed by atoms with van der Waals surface area (Å²) in [6.07, 6.45) is 0.919. The molecule has 5 heteroatoms. The number of hydrogen-bond donors (Lipinski definition) is 1. The number of likely N-dealkylation sites (N-methyl/N-ethyl adjacent to an activating group) is 1. The molecule has 2 aromatic rings. The van der Waals surface area contributed by atoms with Gasteiger partial charge in [-0.05, 0) is 45.0 Å². The van der Waals surface area contributed by atoms with E-state index in [4.69, 9.17) is 9.47 Å². The maximum Gasteiger partial charge on any atom is 0.238 e. The fraction of sp³-hybridized carbons (Fsp3) is 0.381. The van der Waals surface area contributed by atoms with E-state index in [1.54, 1.807) is 6.07 Å². The van der Waals surface area contributed by atoms with Crippen LogP contribution in [0.4, 0.5) is 5.69 Å². The molecule has 0 saturated carbocycles. The zero-order valence-electron chi connectivity index (χ0n) is 15.8. The van der Waals surface area contributed by atoms with Crippen molar-refractivity contribution in [2.24, 2.45) is 0 Å². The minimum Gasteiger partial charge on any atom is -0.490 e. The highest BCUT2D eigenvalue weighted by Crippen LogP contribution is 2.30. The van der Waals surface area contributed by atoms with Crippen molar-refractivity contribution in [1.29, 1.82) is 0 Å². The number of anilines is 1. The number of carbonyl (C=O) groups excluding carboxylic acids is 1. The van der Waals surface area contributed by atoms with E-state index in [9.17, 15) is 4.79 Å². The maximum atomic E-state index is 12.3. The molecule has 0 fully saturated rings. The third-order valence-electron chi connectivity index (χ3n) is 3.87. The second-order valence-electron chi connectivity index (χ2n) is 6.05. The van der Waals surface area contributed by atoms with Gasteiger partial charge in [-0.15, -0.1) is 0 Å². The summed E-state index contributed by atoms with van der Waals surface area (Å²) >= 11 is 0. The summed E-state index contributed by atoms with van der Waals surface area (Å²) in [4.78, 5) is 14.3. The van der Waals surface area contributed by atoms with Gasteiger partial charge >= 0.3 is 0 Å². The summed E-state index contributed by atoms with van der Waals surface area (Å²) < 4.78 is 11.1. The van der Waals surface area contributed by atoms with Gasteiger partial charge in [0.2, 0.25) is 5.91 Å². The van der Waals surface area contributed by atoms with E-state index in [1.165, 1.54) is 5.56 Å². The van der Waals surface area contributed by atoms with Gasteiger partial charge in [-0.2, -0.15) is 0 Å². The molecule has 0 radical (unpaired) electrons.